The molecule has 3 aromatic rings. The van der Waals surface area contributed by atoms with Crippen LogP contribution >= 0.6 is 0 Å². The number of fused-ring (bicyclic) bond motifs is 1. The highest BCUT2D eigenvalue weighted by molar-refractivity contribution is 5.90. The molecule has 2 aromatic carbocycles. The van der Waals surface area contributed by atoms with E-state index >= 15 is 0 Å². The number of rotatable bonds is 9. The van der Waals surface area contributed by atoms with Crippen LogP contribution in [0.5, 0.6) is 11.6 Å². The van der Waals surface area contributed by atoms with Gasteiger partial charge in [-0.3, -0.25) is 0 Å². The fourth-order valence-corrected chi connectivity index (χ4v) is 4.45. The summed E-state index contributed by atoms with van der Waals surface area (Å²) in [6, 6.07) is 10.2. The maximum Gasteiger partial charge on any atom is 0.513 e. The normalized spacial score (nSPS) is 18.4. The molecule has 0 aliphatic carbocycles. The summed E-state index contributed by atoms with van der Waals surface area (Å²) in [5.41, 5.74) is 8.26. The van der Waals surface area contributed by atoms with Crippen LogP contribution in [0.1, 0.15) is 24.0 Å². The van der Waals surface area contributed by atoms with Crippen LogP contribution in [0.3, 0.4) is 0 Å². The summed E-state index contributed by atoms with van der Waals surface area (Å²) >= 11 is 0. The van der Waals surface area contributed by atoms with Gasteiger partial charge in [0.25, 0.3) is 0 Å². The summed E-state index contributed by atoms with van der Waals surface area (Å²) in [6.07, 6.45) is 4.48. The van der Waals surface area contributed by atoms with Gasteiger partial charge in [-0.2, -0.15) is 0 Å². The molecule has 1 aliphatic rings. The van der Waals surface area contributed by atoms with E-state index in [1.165, 1.54) is 14.2 Å². The molecular weight excluding hydrogens is 496 g/mol. The van der Waals surface area contributed by atoms with Crippen molar-refractivity contribution in [2.45, 2.75) is 37.5 Å². The first-order chi connectivity index (χ1) is 18.4. The number of ether oxygens (including phenoxy) is 4. The van der Waals surface area contributed by atoms with E-state index in [-0.39, 0.29) is 23.8 Å². The van der Waals surface area contributed by atoms with E-state index in [0.717, 1.165) is 36.6 Å². The lowest BCUT2D eigenvalue weighted by molar-refractivity contribution is -0.0156. The molecule has 202 valence electrons. The Hall–Kier alpha value is -3.60. The highest BCUT2D eigenvalue weighted by Crippen LogP contribution is 2.31. The Balaban J connectivity index is 1.34. The lowest BCUT2D eigenvalue weighted by Gasteiger charge is -2.33. The molecule has 8 nitrogen and oxygen atoms in total. The van der Waals surface area contributed by atoms with Crippen LogP contribution in [0, 0.1) is 11.6 Å². The second kappa shape index (κ2) is 12.8. The van der Waals surface area contributed by atoms with Crippen LogP contribution in [0.4, 0.5) is 13.6 Å². The molecule has 3 N–H and O–H groups in total. The van der Waals surface area contributed by atoms with E-state index in [2.05, 4.69) is 15.0 Å². The molecule has 2 unspecified atom stereocenters. The van der Waals surface area contributed by atoms with Gasteiger partial charge in [0.1, 0.15) is 17.4 Å². The second-order valence-electron chi connectivity index (χ2n) is 9.02. The highest BCUT2D eigenvalue weighted by Gasteiger charge is 2.27. The zero-order chi connectivity index (χ0) is 27.1. The van der Waals surface area contributed by atoms with Crippen LogP contribution in [-0.2, 0) is 15.9 Å². The Morgan fingerprint density at radius 3 is 2.79 bits per heavy atom. The van der Waals surface area contributed by atoms with Crippen molar-refractivity contribution >= 4 is 23.1 Å². The van der Waals surface area contributed by atoms with Gasteiger partial charge in [0.2, 0.25) is 5.88 Å². The molecule has 0 saturated carbocycles. The number of hydrogen-bond acceptors (Lipinski definition) is 8. The van der Waals surface area contributed by atoms with E-state index in [1.54, 1.807) is 30.4 Å². The van der Waals surface area contributed by atoms with Crippen molar-refractivity contribution in [2.24, 2.45) is 5.73 Å². The van der Waals surface area contributed by atoms with E-state index < -0.39 is 17.8 Å². The Morgan fingerprint density at radius 2 is 2.05 bits per heavy atom. The molecule has 1 saturated heterocycles. The van der Waals surface area contributed by atoms with Gasteiger partial charge in [-0.25, -0.2) is 18.6 Å². The number of aromatic nitrogens is 1. The Labute approximate surface area is 219 Å². The topological polar surface area (TPSA) is 105 Å². The number of hydrogen-bond donors (Lipinski definition) is 2. The van der Waals surface area contributed by atoms with Gasteiger partial charge < -0.3 is 30.0 Å². The molecular formula is C28H31F2N3O5. The SMILES string of the molecule is COC(=O)Oc1ccc(C[C@H](N)C2CCC(NC/C=C/c3cc(F)ccc3F)CO2)c2nc(OC)ccc12. The summed E-state index contributed by atoms with van der Waals surface area (Å²) in [6.45, 7) is 0.986. The minimum absolute atomic E-state index is 0.127. The molecule has 1 aromatic heterocycles. The number of halogens is 2. The number of methoxy groups -OCH3 is 2. The summed E-state index contributed by atoms with van der Waals surface area (Å²) < 4.78 is 48.3. The molecule has 0 spiro atoms. The number of nitrogens with one attached hydrogen (secondary N) is 1. The first-order valence-electron chi connectivity index (χ1n) is 12.3. The fraction of sp³-hybridized carbons (Fsp3) is 0.357. The number of carbonyl (C=O) groups is 1. The average molecular weight is 528 g/mol. The van der Waals surface area contributed by atoms with Gasteiger partial charge in [0.15, 0.2) is 0 Å². The van der Waals surface area contributed by atoms with Crippen molar-refractivity contribution in [3.63, 3.8) is 0 Å². The number of nitrogens with two attached hydrogens (primary N) is 1. The van der Waals surface area contributed by atoms with E-state index in [9.17, 15) is 13.6 Å². The molecule has 10 heteroatoms. The van der Waals surface area contributed by atoms with Crippen molar-refractivity contribution in [3.8, 4) is 11.6 Å². The van der Waals surface area contributed by atoms with E-state index in [1.807, 2.05) is 6.07 Å². The van der Waals surface area contributed by atoms with Gasteiger partial charge in [-0.05, 0) is 55.2 Å². The fourth-order valence-electron chi connectivity index (χ4n) is 4.45. The lowest BCUT2D eigenvalue weighted by Crippen LogP contribution is -2.47. The predicted octanol–water partition coefficient (Wildman–Crippen LogP) is 4.39. The molecule has 0 radical (unpaired) electrons. The lowest BCUT2D eigenvalue weighted by atomic mass is 9.94. The summed E-state index contributed by atoms with van der Waals surface area (Å²) in [5, 5.41) is 3.99. The Morgan fingerprint density at radius 1 is 1.21 bits per heavy atom. The first-order valence-corrected chi connectivity index (χ1v) is 12.3. The van der Waals surface area contributed by atoms with Crippen LogP contribution in [-0.4, -0.2) is 56.7 Å². The van der Waals surface area contributed by atoms with Crippen molar-refractivity contribution in [3.05, 3.63) is 71.3 Å². The van der Waals surface area contributed by atoms with Crippen LogP contribution in [0.25, 0.3) is 17.0 Å². The quantitative estimate of drug-likeness (QED) is 0.312. The minimum Gasteiger partial charge on any atom is -0.481 e. The zero-order valence-electron chi connectivity index (χ0n) is 21.3. The monoisotopic (exact) mass is 527 g/mol. The molecule has 0 bridgehead atoms. The molecule has 3 atom stereocenters. The van der Waals surface area contributed by atoms with Crippen LogP contribution in [0.15, 0.2) is 48.5 Å². The standard InChI is InChI=1S/C28H31F2N3O5/c1-35-26-12-8-21-24(38-28(34)36-2)10-5-18(27(21)33-26)15-23(31)25-11-7-20(16-37-25)32-13-3-4-17-14-19(29)6-9-22(17)30/h3-6,8-10,12,14,20,23,25,32H,7,11,13,15-16,31H2,1-2H3/b4-3+/t20?,23-,25?/m0/s1. The van der Waals surface area contributed by atoms with Crippen LogP contribution < -0.4 is 20.5 Å². The maximum absolute atomic E-state index is 13.7. The number of pyridine rings is 1. The van der Waals surface area contributed by atoms with Crippen molar-refractivity contribution < 1.29 is 32.5 Å². The Bertz CT molecular complexity index is 1290. The smallest absolute Gasteiger partial charge is 0.481 e. The maximum atomic E-state index is 13.7. The van der Waals surface area contributed by atoms with Crippen molar-refractivity contribution in [1.29, 1.82) is 0 Å². The molecule has 38 heavy (non-hydrogen) atoms. The van der Waals surface area contributed by atoms with E-state index in [4.69, 9.17) is 19.9 Å². The zero-order valence-corrected chi connectivity index (χ0v) is 21.3. The molecule has 1 aliphatic heterocycles. The summed E-state index contributed by atoms with van der Waals surface area (Å²) in [4.78, 5) is 16.2. The van der Waals surface area contributed by atoms with Gasteiger partial charge in [-0.15, -0.1) is 0 Å². The third-order valence-electron chi connectivity index (χ3n) is 6.47. The molecule has 1 fully saturated rings. The van der Waals surface area contributed by atoms with E-state index in [0.29, 0.717) is 42.1 Å². The van der Waals surface area contributed by atoms with Gasteiger partial charge >= 0.3 is 6.16 Å². The van der Waals surface area contributed by atoms with Gasteiger partial charge in [-0.1, -0.05) is 18.2 Å². The number of carbonyl (C=O) groups excluding carboxylic acids is 1. The number of benzene rings is 2. The summed E-state index contributed by atoms with van der Waals surface area (Å²) in [5.74, 6) is -0.182. The molecule has 0 amide bonds. The highest BCUT2D eigenvalue weighted by atomic mass is 19.1. The van der Waals surface area contributed by atoms with Gasteiger partial charge in [0, 0.05) is 35.6 Å². The third-order valence-corrected chi connectivity index (χ3v) is 6.47. The first kappa shape index (κ1) is 27.4. The molecule has 2 heterocycles. The summed E-state index contributed by atoms with van der Waals surface area (Å²) in [7, 11) is 2.78. The number of nitrogens with zero attached hydrogens (tertiary/aromatic N) is 1. The molecule has 4 rings (SSSR count). The Kier molecular flexibility index (Phi) is 9.22. The predicted molar refractivity (Wildman–Crippen MR) is 139 cm³/mol. The minimum atomic E-state index is -0.818. The third kappa shape index (κ3) is 6.83. The van der Waals surface area contributed by atoms with Crippen molar-refractivity contribution in [2.75, 3.05) is 27.4 Å². The van der Waals surface area contributed by atoms with Crippen molar-refractivity contribution in [1.82, 2.24) is 10.3 Å². The van der Waals surface area contributed by atoms with Gasteiger partial charge in [0.05, 0.1) is 32.4 Å². The average Bonchev–Trinajstić information content (AvgIpc) is 2.94. The largest absolute Gasteiger partial charge is 0.513 e. The van der Waals surface area contributed by atoms with Crippen LogP contribution in [0.2, 0.25) is 0 Å². The second-order valence-corrected chi connectivity index (χ2v) is 9.02.